The topological polar surface area (TPSA) is 57.6 Å². The summed E-state index contributed by atoms with van der Waals surface area (Å²) in [5, 5.41) is 2.99. The van der Waals surface area contributed by atoms with Gasteiger partial charge in [0.25, 0.3) is 0 Å². The van der Waals surface area contributed by atoms with Gasteiger partial charge >= 0.3 is 6.03 Å². The fraction of sp³-hybridized carbons (Fsp3) is 0.500. The van der Waals surface area contributed by atoms with E-state index in [9.17, 15) is 9.59 Å². The second kappa shape index (κ2) is 9.83. The number of anilines is 1. The van der Waals surface area contributed by atoms with Gasteiger partial charge in [0.2, 0.25) is 5.91 Å². The van der Waals surface area contributed by atoms with Crippen molar-refractivity contribution in [2.75, 3.05) is 11.9 Å². The molecule has 1 aromatic carbocycles. The molecule has 1 heterocycles. The summed E-state index contributed by atoms with van der Waals surface area (Å²) < 4.78 is 2.04. The molecule has 1 saturated carbocycles. The van der Waals surface area contributed by atoms with Crippen molar-refractivity contribution in [2.45, 2.75) is 65.1 Å². The number of nitrogens with zero attached hydrogens (tertiary/aromatic N) is 3. The molecule has 3 amide bonds. The average Bonchev–Trinajstić information content (AvgIpc) is 3.51. The van der Waals surface area contributed by atoms with Gasteiger partial charge in [0, 0.05) is 36.7 Å². The van der Waals surface area contributed by atoms with Gasteiger partial charge < -0.3 is 19.7 Å². The lowest BCUT2D eigenvalue weighted by molar-refractivity contribution is -0.133. The summed E-state index contributed by atoms with van der Waals surface area (Å²) in [6, 6.07) is 11.9. The molecule has 2 aromatic rings. The molecule has 0 saturated heterocycles. The lowest BCUT2D eigenvalue weighted by Gasteiger charge is -2.31. The molecule has 30 heavy (non-hydrogen) atoms. The molecule has 1 atom stereocenters. The normalized spacial score (nSPS) is 14.3. The van der Waals surface area contributed by atoms with Crippen molar-refractivity contribution in [3.63, 3.8) is 0 Å². The van der Waals surface area contributed by atoms with E-state index in [1.165, 1.54) is 5.56 Å². The monoisotopic (exact) mass is 410 g/mol. The van der Waals surface area contributed by atoms with Gasteiger partial charge in [-0.25, -0.2) is 4.79 Å². The number of benzene rings is 1. The third-order valence-electron chi connectivity index (χ3n) is 5.97. The molecular weight excluding hydrogens is 376 g/mol. The number of amides is 3. The number of nitrogens with one attached hydrogen (secondary N) is 1. The Kier molecular flexibility index (Phi) is 7.19. The third kappa shape index (κ3) is 5.43. The summed E-state index contributed by atoms with van der Waals surface area (Å²) in [6.45, 7) is 6.80. The Bertz CT molecular complexity index is 872. The lowest BCUT2D eigenvalue weighted by Crippen LogP contribution is -2.48. The van der Waals surface area contributed by atoms with E-state index in [0.717, 1.165) is 37.1 Å². The minimum absolute atomic E-state index is 0.0106. The summed E-state index contributed by atoms with van der Waals surface area (Å²) in [4.78, 5) is 29.9. The second-order valence-electron chi connectivity index (χ2n) is 8.23. The number of carbonyl (C=O) groups excluding carboxylic acids is 2. The van der Waals surface area contributed by atoms with E-state index < -0.39 is 0 Å². The second-order valence-corrected chi connectivity index (χ2v) is 8.23. The van der Waals surface area contributed by atoms with E-state index in [1.54, 1.807) is 4.90 Å². The molecule has 6 nitrogen and oxygen atoms in total. The van der Waals surface area contributed by atoms with Crippen LogP contribution in [-0.2, 0) is 24.8 Å². The highest BCUT2D eigenvalue weighted by molar-refractivity contribution is 5.92. The number of rotatable bonds is 9. The van der Waals surface area contributed by atoms with Crippen molar-refractivity contribution in [1.29, 1.82) is 0 Å². The van der Waals surface area contributed by atoms with Gasteiger partial charge in [0.15, 0.2) is 0 Å². The van der Waals surface area contributed by atoms with Crippen LogP contribution < -0.4 is 5.32 Å². The van der Waals surface area contributed by atoms with E-state index in [-0.39, 0.29) is 30.6 Å². The van der Waals surface area contributed by atoms with E-state index in [4.69, 9.17) is 0 Å². The summed E-state index contributed by atoms with van der Waals surface area (Å²) >= 11 is 0. The standard InChI is InChI=1S/C24H34N4O2/c1-5-18(3)27(24(30)25-20-10-7-9-19(6-2)15-20)17-23(29)28(21-12-13-21)16-22-11-8-14-26(22)4/h7-11,14-15,18,21H,5-6,12-13,16-17H2,1-4H3,(H,25,30)/t18-/m1/s1. The van der Waals surface area contributed by atoms with Gasteiger partial charge in [-0.15, -0.1) is 0 Å². The highest BCUT2D eigenvalue weighted by Crippen LogP contribution is 2.29. The number of hydrogen-bond acceptors (Lipinski definition) is 2. The van der Waals surface area contributed by atoms with Crippen LogP contribution >= 0.6 is 0 Å². The number of aryl methyl sites for hydroxylation is 2. The van der Waals surface area contributed by atoms with E-state index in [1.807, 2.05) is 73.0 Å². The zero-order valence-corrected chi connectivity index (χ0v) is 18.6. The zero-order chi connectivity index (χ0) is 21.7. The Labute approximate surface area is 179 Å². The van der Waals surface area contributed by atoms with Crippen LogP contribution in [0.25, 0.3) is 0 Å². The maximum Gasteiger partial charge on any atom is 0.322 e. The minimum Gasteiger partial charge on any atom is -0.353 e. The summed E-state index contributed by atoms with van der Waals surface area (Å²) in [5.41, 5.74) is 3.04. The Balaban J connectivity index is 1.71. The Morgan fingerprint density at radius 1 is 1.20 bits per heavy atom. The van der Waals surface area contributed by atoms with Crippen molar-refractivity contribution in [3.05, 3.63) is 53.9 Å². The van der Waals surface area contributed by atoms with Crippen LogP contribution in [-0.4, -0.2) is 44.9 Å². The maximum atomic E-state index is 13.2. The summed E-state index contributed by atoms with van der Waals surface area (Å²) in [6.07, 6.45) is 5.77. The number of hydrogen-bond donors (Lipinski definition) is 1. The van der Waals surface area contributed by atoms with E-state index in [0.29, 0.717) is 6.54 Å². The van der Waals surface area contributed by atoms with E-state index in [2.05, 4.69) is 12.2 Å². The largest absolute Gasteiger partial charge is 0.353 e. The van der Waals surface area contributed by atoms with Crippen molar-refractivity contribution in [1.82, 2.24) is 14.4 Å². The first-order valence-corrected chi connectivity index (χ1v) is 11.0. The molecule has 0 radical (unpaired) electrons. The first-order valence-electron chi connectivity index (χ1n) is 11.0. The SMILES string of the molecule is CCc1cccc(NC(=O)N(CC(=O)N(Cc2cccn2C)C2CC2)[C@H](C)CC)c1. The molecule has 1 aromatic heterocycles. The molecule has 3 rings (SSSR count). The fourth-order valence-electron chi connectivity index (χ4n) is 3.59. The molecule has 6 heteroatoms. The van der Waals surface area contributed by atoms with Crippen LogP contribution in [0.3, 0.4) is 0 Å². The molecule has 1 fully saturated rings. The van der Waals surface area contributed by atoms with Crippen LogP contribution in [0.5, 0.6) is 0 Å². The molecule has 1 N–H and O–H groups in total. The Morgan fingerprint density at radius 3 is 2.57 bits per heavy atom. The molecular formula is C24H34N4O2. The Morgan fingerprint density at radius 2 is 1.97 bits per heavy atom. The molecule has 0 aliphatic heterocycles. The molecule has 162 valence electrons. The van der Waals surface area contributed by atoms with Crippen molar-refractivity contribution in [2.24, 2.45) is 7.05 Å². The summed E-state index contributed by atoms with van der Waals surface area (Å²) in [7, 11) is 1.99. The quantitative estimate of drug-likeness (QED) is 0.666. The van der Waals surface area contributed by atoms with Crippen LogP contribution in [0.2, 0.25) is 0 Å². The summed E-state index contributed by atoms with van der Waals surface area (Å²) in [5.74, 6) is 0.0106. The van der Waals surface area contributed by atoms with Crippen molar-refractivity contribution in [3.8, 4) is 0 Å². The first kappa shape index (κ1) is 21.9. The zero-order valence-electron chi connectivity index (χ0n) is 18.6. The smallest absolute Gasteiger partial charge is 0.322 e. The van der Waals surface area contributed by atoms with Crippen LogP contribution in [0, 0.1) is 0 Å². The van der Waals surface area contributed by atoms with Crippen LogP contribution in [0.1, 0.15) is 51.3 Å². The van der Waals surface area contributed by atoms with Gasteiger partial charge in [-0.05, 0) is 62.4 Å². The third-order valence-corrected chi connectivity index (χ3v) is 5.97. The average molecular weight is 411 g/mol. The molecule has 0 bridgehead atoms. The molecule has 0 spiro atoms. The van der Waals surface area contributed by atoms with Crippen molar-refractivity contribution >= 4 is 17.6 Å². The number of aromatic nitrogens is 1. The van der Waals surface area contributed by atoms with Gasteiger partial charge in [-0.1, -0.05) is 26.0 Å². The van der Waals surface area contributed by atoms with Crippen LogP contribution in [0.4, 0.5) is 10.5 Å². The molecule has 0 unspecified atom stereocenters. The number of carbonyl (C=O) groups is 2. The highest BCUT2D eigenvalue weighted by atomic mass is 16.2. The molecule has 1 aliphatic rings. The lowest BCUT2D eigenvalue weighted by atomic mass is 10.1. The maximum absolute atomic E-state index is 13.2. The Hall–Kier alpha value is -2.76. The first-order chi connectivity index (χ1) is 14.4. The predicted octanol–water partition coefficient (Wildman–Crippen LogP) is 4.41. The van der Waals surface area contributed by atoms with Gasteiger partial charge in [0.1, 0.15) is 6.54 Å². The van der Waals surface area contributed by atoms with Gasteiger partial charge in [-0.3, -0.25) is 4.79 Å². The van der Waals surface area contributed by atoms with Crippen molar-refractivity contribution < 1.29 is 9.59 Å². The van der Waals surface area contributed by atoms with Gasteiger partial charge in [0.05, 0.1) is 6.54 Å². The predicted molar refractivity (Wildman–Crippen MR) is 120 cm³/mol. The van der Waals surface area contributed by atoms with E-state index >= 15 is 0 Å². The minimum atomic E-state index is -0.222. The highest BCUT2D eigenvalue weighted by Gasteiger charge is 2.34. The fourth-order valence-corrected chi connectivity index (χ4v) is 3.59. The number of urea groups is 1. The van der Waals surface area contributed by atoms with Gasteiger partial charge in [-0.2, -0.15) is 0 Å². The van der Waals surface area contributed by atoms with Crippen LogP contribution in [0.15, 0.2) is 42.6 Å². The molecule has 1 aliphatic carbocycles.